The highest BCUT2D eigenvalue weighted by atomic mass is 16.7. The van der Waals surface area contributed by atoms with E-state index in [-0.39, 0.29) is 5.91 Å². The zero-order valence-corrected chi connectivity index (χ0v) is 14.6. The van der Waals surface area contributed by atoms with E-state index in [1.54, 1.807) is 0 Å². The molecule has 0 radical (unpaired) electrons. The molecule has 1 fully saturated rings. The molecule has 2 aliphatic heterocycles. The third kappa shape index (κ3) is 3.49. The second kappa shape index (κ2) is 6.75. The van der Waals surface area contributed by atoms with Crippen LogP contribution in [0.4, 0.5) is 5.95 Å². The number of oxime groups is 1. The lowest BCUT2D eigenvalue weighted by molar-refractivity contribution is -0.114. The number of amides is 1. The smallest absolute Gasteiger partial charge is 0.269 e. The van der Waals surface area contributed by atoms with Crippen LogP contribution in [0.3, 0.4) is 0 Å². The van der Waals surface area contributed by atoms with E-state index in [0.29, 0.717) is 25.2 Å². The van der Waals surface area contributed by atoms with Crippen LogP contribution >= 0.6 is 0 Å². The number of aromatic nitrogens is 2. The summed E-state index contributed by atoms with van der Waals surface area (Å²) in [5.74, 6) is 0.618. The van der Waals surface area contributed by atoms with Gasteiger partial charge in [0.2, 0.25) is 5.95 Å². The van der Waals surface area contributed by atoms with Crippen molar-refractivity contribution in [2.45, 2.75) is 52.1 Å². The number of nitrogens with one attached hydrogen (secondary N) is 1. The molecule has 1 unspecified atom stereocenters. The standard InChI is InChI=1S/C17H25N5O2/c1-4-7-18-15(23)14-10-17(24-21-14)6-5-8-22(11-17)16-19-12(2)9-13(3)20-16/h9H,4-8,10-11H2,1-3H3,(H,18,23). The summed E-state index contributed by atoms with van der Waals surface area (Å²) >= 11 is 0. The molecule has 7 heteroatoms. The van der Waals surface area contributed by atoms with Gasteiger partial charge in [-0.3, -0.25) is 4.79 Å². The van der Waals surface area contributed by atoms with Gasteiger partial charge in [-0.15, -0.1) is 0 Å². The van der Waals surface area contributed by atoms with Crippen molar-refractivity contribution in [1.29, 1.82) is 0 Å². The summed E-state index contributed by atoms with van der Waals surface area (Å²) in [7, 11) is 0. The van der Waals surface area contributed by atoms with Gasteiger partial charge in [0.1, 0.15) is 5.71 Å². The summed E-state index contributed by atoms with van der Waals surface area (Å²) in [6.07, 6.45) is 3.31. The van der Waals surface area contributed by atoms with Crippen LogP contribution in [0.2, 0.25) is 0 Å². The number of hydrogen-bond donors (Lipinski definition) is 1. The van der Waals surface area contributed by atoms with Crippen molar-refractivity contribution in [3.8, 4) is 0 Å². The van der Waals surface area contributed by atoms with E-state index in [1.807, 2.05) is 26.8 Å². The van der Waals surface area contributed by atoms with Gasteiger partial charge >= 0.3 is 0 Å². The number of nitrogens with zero attached hydrogens (tertiary/aromatic N) is 4. The Balaban J connectivity index is 1.69. The molecular formula is C17H25N5O2. The van der Waals surface area contributed by atoms with Crippen molar-refractivity contribution in [3.63, 3.8) is 0 Å². The van der Waals surface area contributed by atoms with Crippen molar-refractivity contribution in [2.75, 3.05) is 24.5 Å². The summed E-state index contributed by atoms with van der Waals surface area (Å²) in [6, 6.07) is 1.97. The second-order valence-electron chi connectivity index (χ2n) is 6.72. The second-order valence-corrected chi connectivity index (χ2v) is 6.72. The van der Waals surface area contributed by atoms with Gasteiger partial charge in [0.05, 0.1) is 6.54 Å². The average Bonchev–Trinajstić information content (AvgIpc) is 2.95. The number of carbonyl (C=O) groups excluding carboxylic acids is 1. The number of hydrogen-bond acceptors (Lipinski definition) is 6. The molecule has 130 valence electrons. The van der Waals surface area contributed by atoms with E-state index >= 15 is 0 Å². The molecule has 0 bridgehead atoms. The van der Waals surface area contributed by atoms with Crippen LogP contribution in [-0.4, -0.2) is 46.8 Å². The normalized spacial score (nSPS) is 23.1. The summed E-state index contributed by atoms with van der Waals surface area (Å²) in [6.45, 7) is 8.19. The molecule has 7 nitrogen and oxygen atoms in total. The molecule has 1 aromatic heterocycles. The lowest BCUT2D eigenvalue weighted by atomic mass is 9.88. The first-order chi connectivity index (χ1) is 11.5. The van der Waals surface area contributed by atoms with Gasteiger partial charge in [-0.25, -0.2) is 9.97 Å². The predicted octanol–water partition coefficient (Wildman–Crippen LogP) is 1.73. The molecule has 0 aliphatic carbocycles. The molecule has 24 heavy (non-hydrogen) atoms. The van der Waals surface area contributed by atoms with E-state index in [0.717, 1.165) is 43.1 Å². The van der Waals surface area contributed by atoms with Gasteiger partial charge < -0.3 is 15.1 Å². The monoisotopic (exact) mass is 331 g/mol. The number of carbonyl (C=O) groups is 1. The van der Waals surface area contributed by atoms with Crippen molar-refractivity contribution < 1.29 is 9.63 Å². The number of rotatable bonds is 4. The number of piperidine rings is 1. The minimum absolute atomic E-state index is 0.117. The van der Waals surface area contributed by atoms with Gasteiger partial charge in [-0.1, -0.05) is 12.1 Å². The Labute approximate surface area is 142 Å². The Morgan fingerprint density at radius 2 is 2.12 bits per heavy atom. The van der Waals surface area contributed by atoms with Gasteiger partial charge in [0, 0.05) is 30.9 Å². The largest absolute Gasteiger partial charge is 0.386 e. The van der Waals surface area contributed by atoms with Crippen LogP contribution < -0.4 is 10.2 Å². The Hall–Kier alpha value is -2.18. The Bertz CT molecular complexity index is 640. The van der Waals surface area contributed by atoms with E-state index in [9.17, 15) is 4.79 Å². The maximum atomic E-state index is 12.1. The highest BCUT2D eigenvalue weighted by molar-refractivity contribution is 6.39. The molecule has 1 N–H and O–H groups in total. The maximum Gasteiger partial charge on any atom is 0.269 e. The van der Waals surface area contributed by atoms with Crippen molar-refractivity contribution >= 4 is 17.6 Å². The molecule has 1 aromatic rings. The molecule has 1 atom stereocenters. The summed E-state index contributed by atoms with van der Waals surface area (Å²) < 4.78 is 0. The highest BCUT2D eigenvalue weighted by Crippen LogP contribution is 2.34. The predicted molar refractivity (Wildman–Crippen MR) is 92.1 cm³/mol. The Kier molecular flexibility index (Phi) is 4.69. The molecule has 1 spiro atoms. The first-order valence-corrected chi connectivity index (χ1v) is 8.62. The van der Waals surface area contributed by atoms with Crippen molar-refractivity contribution in [3.05, 3.63) is 17.5 Å². The molecule has 2 aliphatic rings. The third-order valence-electron chi connectivity index (χ3n) is 4.43. The fourth-order valence-corrected chi connectivity index (χ4v) is 3.32. The average molecular weight is 331 g/mol. The first kappa shape index (κ1) is 16.7. The molecule has 0 aromatic carbocycles. The van der Waals surface area contributed by atoms with Crippen LogP contribution in [-0.2, 0) is 9.63 Å². The van der Waals surface area contributed by atoms with Crippen molar-refractivity contribution in [1.82, 2.24) is 15.3 Å². The van der Waals surface area contributed by atoms with Crippen LogP contribution in [0.5, 0.6) is 0 Å². The third-order valence-corrected chi connectivity index (χ3v) is 4.43. The minimum Gasteiger partial charge on any atom is -0.386 e. The number of aryl methyl sites for hydroxylation is 2. The molecular weight excluding hydrogens is 306 g/mol. The van der Waals surface area contributed by atoms with Crippen molar-refractivity contribution in [2.24, 2.45) is 5.16 Å². The maximum absolute atomic E-state index is 12.1. The fourth-order valence-electron chi connectivity index (χ4n) is 3.32. The Morgan fingerprint density at radius 1 is 1.38 bits per heavy atom. The van der Waals surface area contributed by atoms with Crippen LogP contribution in [0.1, 0.15) is 44.0 Å². The molecule has 1 amide bonds. The zero-order chi connectivity index (χ0) is 17.2. The lowest BCUT2D eigenvalue weighted by Gasteiger charge is -2.38. The summed E-state index contributed by atoms with van der Waals surface area (Å²) in [5.41, 5.74) is 1.98. The highest BCUT2D eigenvalue weighted by Gasteiger charge is 2.45. The molecule has 1 saturated heterocycles. The minimum atomic E-state index is -0.432. The summed E-state index contributed by atoms with van der Waals surface area (Å²) in [4.78, 5) is 29.1. The topological polar surface area (TPSA) is 79.7 Å². The van der Waals surface area contributed by atoms with E-state index in [2.05, 4.69) is 25.3 Å². The number of anilines is 1. The zero-order valence-electron chi connectivity index (χ0n) is 14.6. The lowest BCUT2D eigenvalue weighted by Crippen LogP contribution is -2.49. The van der Waals surface area contributed by atoms with Crippen LogP contribution in [0, 0.1) is 13.8 Å². The van der Waals surface area contributed by atoms with Crippen LogP contribution in [0.15, 0.2) is 11.2 Å². The van der Waals surface area contributed by atoms with Gasteiger partial charge in [0.15, 0.2) is 5.60 Å². The van der Waals surface area contributed by atoms with Gasteiger partial charge in [-0.2, -0.15) is 0 Å². The molecule has 3 rings (SSSR count). The van der Waals surface area contributed by atoms with E-state index in [4.69, 9.17) is 4.84 Å². The molecule has 0 saturated carbocycles. The fraction of sp³-hybridized carbons (Fsp3) is 0.647. The SMILES string of the molecule is CCCNC(=O)C1=NOC2(CCCN(c3nc(C)cc(C)n3)C2)C1. The summed E-state index contributed by atoms with van der Waals surface area (Å²) in [5, 5.41) is 6.93. The Morgan fingerprint density at radius 3 is 2.83 bits per heavy atom. The first-order valence-electron chi connectivity index (χ1n) is 8.62. The van der Waals surface area contributed by atoms with Gasteiger partial charge in [0.25, 0.3) is 5.91 Å². The van der Waals surface area contributed by atoms with Crippen LogP contribution in [0.25, 0.3) is 0 Å². The van der Waals surface area contributed by atoms with E-state index < -0.39 is 5.60 Å². The quantitative estimate of drug-likeness (QED) is 0.909. The van der Waals surface area contributed by atoms with Gasteiger partial charge in [-0.05, 0) is 39.2 Å². The van der Waals surface area contributed by atoms with E-state index in [1.165, 1.54) is 0 Å². The molecule has 3 heterocycles.